The van der Waals surface area contributed by atoms with Crippen molar-refractivity contribution in [2.45, 2.75) is 6.04 Å². The van der Waals surface area contributed by atoms with Crippen LogP contribution in [-0.2, 0) is 9.53 Å². The molecule has 2 N–H and O–H groups in total. The van der Waals surface area contributed by atoms with Crippen LogP contribution in [0.3, 0.4) is 0 Å². The van der Waals surface area contributed by atoms with Crippen LogP contribution in [0.2, 0.25) is 0 Å². The predicted octanol–water partition coefficient (Wildman–Crippen LogP) is 1.37. The monoisotopic (exact) mass is 390 g/mol. The van der Waals surface area contributed by atoms with Crippen molar-refractivity contribution in [1.29, 1.82) is 0 Å². The van der Waals surface area contributed by atoms with Gasteiger partial charge in [0.1, 0.15) is 0 Å². The van der Waals surface area contributed by atoms with E-state index in [1.165, 1.54) is 0 Å². The van der Waals surface area contributed by atoms with Crippen LogP contribution in [0.5, 0.6) is 0 Å². The van der Waals surface area contributed by atoms with Crippen LogP contribution in [0.1, 0.15) is 11.7 Å². The van der Waals surface area contributed by atoms with Gasteiger partial charge in [-0.25, -0.2) is 0 Å². The average molecular weight is 392 g/mol. The lowest BCUT2D eigenvalue weighted by Gasteiger charge is -2.09. The number of carbonyl (C=O) groups excluding carboxylic acids is 1. The van der Waals surface area contributed by atoms with Gasteiger partial charge < -0.3 is 10.1 Å². The smallest absolute Gasteiger partial charge is 0.255 e. The van der Waals surface area contributed by atoms with Gasteiger partial charge >= 0.3 is 0 Å². The molecule has 2 heterocycles. The van der Waals surface area contributed by atoms with Gasteiger partial charge in [0.25, 0.3) is 5.91 Å². The molecule has 2 rings (SSSR count). The standard InChI is InChI=1S/C11H12Br2N4O2/c1-19-3-2-14-11-16-9(10(18)17-11)8-7(13)4-6(12)5-15-8/h4-5,9H,2-3H2,1H3,(H2,14,16,17,18). The topological polar surface area (TPSA) is 75.6 Å². The molecule has 1 amide bonds. The van der Waals surface area contributed by atoms with Crippen LogP contribution in [0.25, 0.3) is 0 Å². The third-order valence-electron chi connectivity index (χ3n) is 2.46. The Morgan fingerprint density at radius 1 is 1.53 bits per heavy atom. The van der Waals surface area contributed by atoms with E-state index in [-0.39, 0.29) is 5.91 Å². The Morgan fingerprint density at radius 2 is 2.32 bits per heavy atom. The third kappa shape index (κ3) is 3.52. The minimum absolute atomic E-state index is 0.174. The summed E-state index contributed by atoms with van der Waals surface area (Å²) >= 11 is 6.72. The van der Waals surface area contributed by atoms with Gasteiger partial charge in [0.05, 0.1) is 18.8 Å². The third-order valence-corrected chi connectivity index (χ3v) is 3.53. The zero-order valence-electron chi connectivity index (χ0n) is 10.1. The highest BCUT2D eigenvalue weighted by Crippen LogP contribution is 2.26. The fourth-order valence-corrected chi connectivity index (χ4v) is 2.81. The Kier molecular flexibility index (Phi) is 4.89. The number of ether oxygens (including phenoxy) is 1. The van der Waals surface area contributed by atoms with E-state index in [1.807, 2.05) is 6.07 Å². The minimum atomic E-state index is -0.538. The number of nitrogens with zero attached hydrogens (tertiary/aromatic N) is 2. The molecule has 19 heavy (non-hydrogen) atoms. The SMILES string of the molecule is COCCN=C1NC(=O)C(c2ncc(Br)cc2Br)N1. The molecule has 1 atom stereocenters. The fourth-order valence-electron chi connectivity index (χ4n) is 1.59. The maximum atomic E-state index is 11.9. The molecule has 1 aromatic heterocycles. The number of halogens is 2. The van der Waals surface area contributed by atoms with E-state index in [2.05, 4.69) is 52.5 Å². The number of hydrogen-bond acceptors (Lipinski definition) is 4. The molecule has 1 fully saturated rings. The van der Waals surface area contributed by atoms with Crippen molar-refractivity contribution in [3.8, 4) is 0 Å². The van der Waals surface area contributed by atoms with Gasteiger partial charge in [-0.3, -0.25) is 20.1 Å². The van der Waals surface area contributed by atoms with Gasteiger partial charge in [0.15, 0.2) is 12.0 Å². The van der Waals surface area contributed by atoms with E-state index in [4.69, 9.17) is 4.74 Å². The Morgan fingerprint density at radius 3 is 3.00 bits per heavy atom. The van der Waals surface area contributed by atoms with Crippen LogP contribution >= 0.6 is 31.9 Å². The van der Waals surface area contributed by atoms with Crippen LogP contribution < -0.4 is 10.6 Å². The van der Waals surface area contributed by atoms with Gasteiger partial charge in [0, 0.05) is 22.3 Å². The summed E-state index contributed by atoms with van der Waals surface area (Å²) in [6, 6.07) is 1.31. The van der Waals surface area contributed by atoms with Crippen molar-refractivity contribution in [3.05, 3.63) is 26.9 Å². The molecule has 0 saturated carbocycles. The molecule has 1 unspecified atom stereocenters. The van der Waals surface area contributed by atoms with E-state index < -0.39 is 6.04 Å². The molecule has 1 aromatic rings. The summed E-state index contributed by atoms with van der Waals surface area (Å²) in [5, 5.41) is 5.68. The molecular weight excluding hydrogens is 380 g/mol. The van der Waals surface area contributed by atoms with Gasteiger partial charge in [0.2, 0.25) is 0 Å². The molecule has 1 aliphatic rings. The van der Waals surface area contributed by atoms with Gasteiger partial charge in [-0.15, -0.1) is 0 Å². The molecule has 1 aliphatic heterocycles. The largest absolute Gasteiger partial charge is 0.383 e. The van der Waals surface area contributed by atoms with E-state index in [0.29, 0.717) is 24.8 Å². The Balaban J connectivity index is 2.13. The lowest BCUT2D eigenvalue weighted by molar-refractivity contribution is -0.120. The fraction of sp³-hybridized carbons (Fsp3) is 0.364. The second kappa shape index (κ2) is 6.44. The molecule has 0 spiro atoms. The van der Waals surface area contributed by atoms with E-state index in [0.717, 1.165) is 8.95 Å². The molecule has 0 bridgehead atoms. The zero-order chi connectivity index (χ0) is 13.8. The number of methoxy groups -OCH3 is 1. The number of aromatic nitrogens is 1. The van der Waals surface area contributed by atoms with Gasteiger partial charge in [-0.05, 0) is 37.9 Å². The number of pyridine rings is 1. The van der Waals surface area contributed by atoms with Crippen molar-refractivity contribution >= 4 is 43.7 Å². The van der Waals surface area contributed by atoms with Gasteiger partial charge in [-0.1, -0.05) is 0 Å². The summed E-state index contributed by atoms with van der Waals surface area (Å²) < 4.78 is 6.50. The summed E-state index contributed by atoms with van der Waals surface area (Å²) in [4.78, 5) is 20.3. The minimum Gasteiger partial charge on any atom is -0.383 e. The Labute approximate surface area is 127 Å². The van der Waals surface area contributed by atoms with Crippen molar-refractivity contribution < 1.29 is 9.53 Å². The summed E-state index contributed by atoms with van der Waals surface area (Å²) in [7, 11) is 1.60. The summed E-state index contributed by atoms with van der Waals surface area (Å²) in [6.07, 6.45) is 1.65. The molecule has 0 aromatic carbocycles. The molecule has 0 radical (unpaired) electrons. The average Bonchev–Trinajstić information content (AvgIpc) is 2.71. The number of aliphatic imine (C=N–C) groups is 1. The molecule has 8 heteroatoms. The predicted molar refractivity (Wildman–Crippen MR) is 77.8 cm³/mol. The van der Waals surface area contributed by atoms with E-state index >= 15 is 0 Å². The maximum absolute atomic E-state index is 11.9. The quantitative estimate of drug-likeness (QED) is 0.760. The number of nitrogens with one attached hydrogen (secondary N) is 2. The van der Waals surface area contributed by atoms with Crippen LogP contribution in [-0.4, -0.2) is 37.1 Å². The molecule has 102 valence electrons. The highest BCUT2D eigenvalue weighted by molar-refractivity contribution is 9.11. The first-order valence-electron chi connectivity index (χ1n) is 5.53. The first-order chi connectivity index (χ1) is 9.11. The zero-order valence-corrected chi connectivity index (χ0v) is 13.3. The lowest BCUT2D eigenvalue weighted by Crippen LogP contribution is -2.26. The van der Waals surface area contributed by atoms with Crippen molar-refractivity contribution in [2.75, 3.05) is 20.3 Å². The van der Waals surface area contributed by atoms with Crippen molar-refractivity contribution in [2.24, 2.45) is 4.99 Å². The number of amides is 1. The van der Waals surface area contributed by atoms with Crippen molar-refractivity contribution in [3.63, 3.8) is 0 Å². The summed E-state index contributed by atoms with van der Waals surface area (Å²) in [6.45, 7) is 0.993. The maximum Gasteiger partial charge on any atom is 0.255 e. The van der Waals surface area contributed by atoms with E-state index in [1.54, 1.807) is 13.3 Å². The number of guanidine groups is 1. The molecule has 1 saturated heterocycles. The molecule has 6 nitrogen and oxygen atoms in total. The normalized spacial score (nSPS) is 20.5. The Hall–Kier alpha value is -0.990. The van der Waals surface area contributed by atoms with Gasteiger partial charge in [-0.2, -0.15) is 0 Å². The first kappa shape index (κ1) is 14.4. The second-order valence-electron chi connectivity index (χ2n) is 3.81. The lowest BCUT2D eigenvalue weighted by atomic mass is 10.2. The number of hydrogen-bond donors (Lipinski definition) is 2. The highest BCUT2D eigenvalue weighted by Gasteiger charge is 2.32. The number of carbonyl (C=O) groups is 1. The summed E-state index contributed by atoms with van der Waals surface area (Å²) in [5.41, 5.74) is 0.623. The van der Waals surface area contributed by atoms with Crippen molar-refractivity contribution in [1.82, 2.24) is 15.6 Å². The second-order valence-corrected chi connectivity index (χ2v) is 5.58. The molecular formula is C11H12Br2N4O2. The van der Waals surface area contributed by atoms with Crippen LogP contribution in [0.15, 0.2) is 26.2 Å². The number of rotatable bonds is 4. The Bertz CT molecular complexity index is 521. The highest BCUT2D eigenvalue weighted by atomic mass is 79.9. The van der Waals surface area contributed by atoms with Crippen LogP contribution in [0, 0.1) is 0 Å². The van der Waals surface area contributed by atoms with E-state index in [9.17, 15) is 4.79 Å². The summed E-state index contributed by atoms with van der Waals surface area (Å²) in [5.74, 6) is 0.273. The first-order valence-corrected chi connectivity index (χ1v) is 7.12. The molecule has 0 aliphatic carbocycles. The van der Waals surface area contributed by atoms with Crippen LogP contribution in [0.4, 0.5) is 0 Å².